The van der Waals surface area contributed by atoms with Gasteiger partial charge in [0.05, 0.1) is 12.1 Å². The van der Waals surface area contributed by atoms with Crippen molar-refractivity contribution in [3.8, 4) is 0 Å². The van der Waals surface area contributed by atoms with Crippen molar-refractivity contribution in [3.05, 3.63) is 59.7 Å². The van der Waals surface area contributed by atoms with Crippen LogP contribution >= 0.6 is 0 Å². The van der Waals surface area contributed by atoms with E-state index in [1.807, 2.05) is 30.3 Å². The van der Waals surface area contributed by atoms with Crippen LogP contribution in [0.5, 0.6) is 0 Å². The van der Waals surface area contributed by atoms with Gasteiger partial charge in [0.25, 0.3) is 5.91 Å². The molecule has 0 aliphatic carbocycles. The van der Waals surface area contributed by atoms with E-state index in [0.29, 0.717) is 17.5 Å². The molecule has 0 aliphatic rings. The van der Waals surface area contributed by atoms with Crippen LogP contribution in [0, 0.1) is 0 Å². The van der Waals surface area contributed by atoms with E-state index < -0.39 is 11.5 Å². The van der Waals surface area contributed by atoms with Gasteiger partial charge in [0.15, 0.2) is 0 Å². The van der Waals surface area contributed by atoms with E-state index in [0.717, 1.165) is 11.1 Å². The third-order valence-electron chi connectivity index (χ3n) is 4.39. The average Bonchev–Trinajstić information content (AvgIpc) is 3.03. The number of carbonyl (C=O) groups excluding carboxylic acids is 2. The number of esters is 1. The van der Waals surface area contributed by atoms with E-state index in [1.54, 1.807) is 43.8 Å². The van der Waals surface area contributed by atoms with Gasteiger partial charge in [-0.1, -0.05) is 35.5 Å². The summed E-state index contributed by atoms with van der Waals surface area (Å²) < 4.78 is 6.84. The predicted molar refractivity (Wildman–Crippen MR) is 101 cm³/mol. The molecule has 2 aromatic carbocycles. The number of aromatic nitrogens is 3. The van der Waals surface area contributed by atoms with Crippen molar-refractivity contribution < 1.29 is 14.3 Å². The number of fused-ring (bicyclic) bond motifs is 1. The van der Waals surface area contributed by atoms with Gasteiger partial charge in [-0.05, 0) is 37.6 Å². The van der Waals surface area contributed by atoms with Gasteiger partial charge in [0.1, 0.15) is 11.1 Å². The van der Waals surface area contributed by atoms with Crippen LogP contribution in [0.3, 0.4) is 0 Å². The highest BCUT2D eigenvalue weighted by Crippen LogP contribution is 2.18. The van der Waals surface area contributed by atoms with Crippen LogP contribution in [0.1, 0.15) is 29.8 Å². The Hall–Kier alpha value is -3.22. The standard InChI is InChI=1S/C20H22N4O3/c1-4-27-19(26)20(2,13-14-8-6-5-7-9-14)21-18(25)15-10-11-17-16(12-15)22-23-24(17)3/h5-12H,4,13H2,1-3H3,(H,21,25)/t20-/m0/s1. The Morgan fingerprint density at radius 2 is 1.93 bits per heavy atom. The highest BCUT2D eigenvalue weighted by molar-refractivity contribution is 6.00. The Balaban J connectivity index is 1.87. The van der Waals surface area contributed by atoms with Crippen molar-refractivity contribution in [1.29, 1.82) is 0 Å². The molecule has 0 saturated heterocycles. The summed E-state index contributed by atoms with van der Waals surface area (Å²) in [5.41, 5.74) is 1.59. The summed E-state index contributed by atoms with van der Waals surface area (Å²) >= 11 is 0. The third kappa shape index (κ3) is 3.97. The van der Waals surface area contributed by atoms with Gasteiger partial charge in [0.2, 0.25) is 0 Å². The van der Waals surface area contributed by atoms with E-state index in [9.17, 15) is 9.59 Å². The Kier molecular flexibility index (Phi) is 5.21. The average molecular weight is 366 g/mol. The first-order chi connectivity index (χ1) is 12.9. The van der Waals surface area contributed by atoms with E-state index in [4.69, 9.17) is 4.74 Å². The second-order valence-electron chi connectivity index (χ2n) is 6.59. The largest absolute Gasteiger partial charge is 0.464 e. The SMILES string of the molecule is CCOC(=O)[C@](C)(Cc1ccccc1)NC(=O)c1ccc2c(c1)nnn2C. The summed E-state index contributed by atoms with van der Waals surface area (Å²) in [6.45, 7) is 3.66. The fraction of sp³-hybridized carbons (Fsp3) is 0.300. The normalized spacial score (nSPS) is 13.1. The first kappa shape index (κ1) is 18.6. The summed E-state index contributed by atoms with van der Waals surface area (Å²) in [5.74, 6) is -0.836. The van der Waals surface area contributed by atoms with Crippen molar-refractivity contribution >= 4 is 22.9 Å². The maximum absolute atomic E-state index is 12.8. The van der Waals surface area contributed by atoms with E-state index >= 15 is 0 Å². The smallest absolute Gasteiger partial charge is 0.331 e. The van der Waals surface area contributed by atoms with Gasteiger partial charge in [0, 0.05) is 19.0 Å². The number of nitrogens with zero attached hydrogens (tertiary/aromatic N) is 3. The minimum Gasteiger partial charge on any atom is -0.464 e. The van der Waals surface area contributed by atoms with Crippen LogP contribution in [0.25, 0.3) is 11.0 Å². The molecule has 1 aromatic heterocycles. The lowest BCUT2D eigenvalue weighted by atomic mass is 9.92. The minimum absolute atomic E-state index is 0.241. The highest BCUT2D eigenvalue weighted by Gasteiger charge is 2.37. The Morgan fingerprint density at radius 3 is 2.63 bits per heavy atom. The highest BCUT2D eigenvalue weighted by atomic mass is 16.5. The molecular formula is C20H22N4O3. The Labute approximate surface area is 157 Å². The molecule has 27 heavy (non-hydrogen) atoms. The lowest BCUT2D eigenvalue weighted by molar-refractivity contribution is -0.150. The zero-order chi connectivity index (χ0) is 19.4. The Bertz CT molecular complexity index is 968. The molecule has 0 fully saturated rings. The molecule has 0 unspecified atom stereocenters. The summed E-state index contributed by atoms with van der Waals surface area (Å²) in [7, 11) is 1.78. The van der Waals surface area contributed by atoms with Crippen LogP contribution in [0.4, 0.5) is 0 Å². The molecule has 7 nitrogen and oxygen atoms in total. The number of rotatable bonds is 6. The first-order valence-corrected chi connectivity index (χ1v) is 8.76. The second-order valence-corrected chi connectivity index (χ2v) is 6.59. The van der Waals surface area contributed by atoms with Crippen LogP contribution < -0.4 is 5.32 Å². The van der Waals surface area contributed by atoms with Gasteiger partial charge >= 0.3 is 5.97 Å². The number of carbonyl (C=O) groups is 2. The predicted octanol–water partition coefficient (Wildman–Crippen LogP) is 2.26. The fourth-order valence-electron chi connectivity index (χ4n) is 2.97. The lowest BCUT2D eigenvalue weighted by Crippen LogP contribution is -2.54. The topological polar surface area (TPSA) is 86.1 Å². The molecule has 0 spiro atoms. The van der Waals surface area contributed by atoms with Crippen molar-refractivity contribution in [2.75, 3.05) is 6.61 Å². The van der Waals surface area contributed by atoms with E-state index in [2.05, 4.69) is 15.6 Å². The number of aryl methyl sites for hydroxylation is 1. The van der Waals surface area contributed by atoms with Crippen molar-refractivity contribution in [2.45, 2.75) is 25.8 Å². The number of hydrogen-bond donors (Lipinski definition) is 1. The van der Waals surface area contributed by atoms with Crippen molar-refractivity contribution in [1.82, 2.24) is 20.3 Å². The fourth-order valence-corrected chi connectivity index (χ4v) is 2.97. The zero-order valence-corrected chi connectivity index (χ0v) is 15.6. The third-order valence-corrected chi connectivity index (χ3v) is 4.39. The van der Waals surface area contributed by atoms with Crippen LogP contribution in [-0.4, -0.2) is 39.0 Å². The zero-order valence-electron chi connectivity index (χ0n) is 15.6. The molecule has 3 aromatic rings. The molecule has 3 rings (SSSR count). The molecule has 0 saturated carbocycles. The van der Waals surface area contributed by atoms with E-state index in [-0.39, 0.29) is 12.5 Å². The minimum atomic E-state index is -1.19. The van der Waals surface area contributed by atoms with Gasteiger partial charge in [-0.2, -0.15) is 0 Å². The lowest BCUT2D eigenvalue weighted by Gasteiger charge is -2.28. The van der Waals surface area contributed by atoms with Crippen molar-refractivity contribution in [2.24, 2.45) is 7.05 Å². The quantitative estimate of drug-likeness (QED) is 0.676. The molecule has 140 valence electrons. The summed E-state index contributed by atoms with van der Waals surface area (Å²) in [6.07, 6.45) is 0.325. The maximum Gasteiger partial charge on any atom is 0.331 e. The molecule has 1 atom stereocenters. The number of nitrogens with one attached hydrogen (secondary N) is 1. The van der Waals surface area contributed by atoms with Crippen LogP contribution in [0.2, 0.25) is 0 Å². The first-order valence-electron chi connectivity index (χ1n) is 8.76. The molecule has 7 heteroatoms. The Morgan fingerprint density at radius 1 is 1.19 bits per heavy atom. The second kappa shape index (κ2) is 7.57. The molecule has 0 aliphatic heterocycles. The number of ether oxygens (including phenoxy) is 1. The summed E-state index contributed by atoms with van der Waals surface area (Å²) in [4.78, 5) is 25.4. The number of hydrogen-bond acceptors (Lipinski definition) is 5. The molecule has 1 heterocycles. The molecular weight excluding hydrogens is 344 g/mol. The summed E-state index contributed by atoms with van der Waals surface area (Å²) in [6, 6.07) is 14.6. The monoisotopic (exact) mass is 366 g/mol. The molecule has 0 bridgehead atoms. The summed E-state index contributed by atoms with van der Waals surface area (Å²) in [5, 5.41) is 10.8. The van der Waals surface area contributed by atoms with Gasteiger partial charge < -0.3 is 10.1 Å². The van der Waals surface area contributed by atoms with Crippen LogP contribution in [-0.2, 0) is 23.0 Å². The number of amides is 1. The molecule has 0 radical (unpaired) electrons. The number of benzene rings is 2. The van der Waals surface area contributed by atoms with Crippen LogP contribution in [0.15, 0.2) is 48.5 Å². The van der Waals surface area contributed by atoms with E-state index in [1.165, 1.54) is 0 Å². The maximum atomic E-state index is 12.8. The van der Waals surface area contributed by atoms with Gasteiger partial charge in [-0.3, -0.25) is 4.79 Å². The molecule has 1 amide bonds. The van der Waals surface area contributed by atoms with Crippen molar-refractivity contribution in [3.63, 3.8) is 0 Å². The molecule has 1 N–H and O–H groups in total. The van der Waals surface area contributed by atoms with Gasteiger partial charge in [-0.25, -0.2) is 9.48 Å². The van der Waals surface area contributed by atoms with Gasteiger partial charge in [-0.15, -0.1) is 5.10 Å².